The summed E-state index contributed by atoms with van der Waals surface area (Å²) >= 11 is 5.70. The van der Waals surface area contributed by atoms with Gasteiger partial charge in [0, 0.05) is 19.5 Å². The highest BCUT2D eigenvalue weighted by atomic mass is 35.5. The molecule has 0 saturated heterocycles. The van der Waals surface area contributed by atoms with Crippen molar-refractivity contribution in [2.45, 2.75) is 26.7 Å². The van der Waals surface area contributed by atoms with Crippen LogP contribution in [0.4, 0.5) is 0 Å². The SMILES string of the molecule is CCN(CCOC)CCC(C)CCCl. The van der Waals surface area contributed by atoms with Crippen LogP contribution in [-0.2, 0) is 4.74 Å². The number of methoxy groups -OCH3 is 1. The normalized spacial score (nSPS) is 13.5. The molecule has 0 bridgehead atoms. The molecular weight excluding hydrogens is 198 g/mol. The van der Waals surface area contributed by atoms with Crippen molar-refractivity contribution in [2.75, 3.05) is 39.2 Å². The molecule has 14 heavy (non-hydrogen) atoms. The van der Waals surface area contributed by atoms with Gasteiger partial charge >= 0.3 is 0 Å². The molecule has 2 nitrogen and oxygen atoms in total. The number of alkyl halides is 1. The van der Waals surface area contributed by atoms with Gasteiger partial charge in [-0.25, -0.2) is 0 Å². The molecule has 0 radical (unpaired) electrons. The highest BCUT2D eigenvalue weighted by Crippen LogP contribution is 2.09. The maximum atomic E-state index is 5.70. The van der Waals surface area contributed by atoms with Crippen molar-refractivity contribution in [1.82, 2.24) is 4.90 Å². The summed E-state index contributed by atoms with van der Waals surface area (Å²) in [5.74, 6) is 1.52. The van der Waals surface area contributed by atoms with Gasteiger partial charge in [0.2, 0.25) is 0 Å². The first kappa shape index (κ1) is 14.2. The van der Waals surface area contributed by atoms with E-state index in [1.165, 1.54) is 6.42 Å². The zero-order valence-corrected chi connectivity index (χ0v) is 10.5. The topological polar surface area (TPSA) is 12.5 Å². The summed E-state index contributed by atoms with van der Waals surface area (Å²) < 4.78 is 5.07. The van der Waals surface area contributed by atoms with E-state index < -0.39 is 0 Å². The Morgan fingerprint density at radius 1 is 1.29 bits per heavy atom. The fourth-order valence-electron chi connectivity index (χ4n) is 1.38. The summed E-state index contributed by atoms with van der Waals surface area (Å²) in [6.45, 7) is 8.61. The molecule has 0 N–H and O–H groups in total. The number of nitrogens with zero attached hydrogens (tertiary/aromatic N) is 1. The van der Waals surface area contributed by atoms with E-state index in [-0.39, 0.29) is 0 Å². The van der Waals surface area contributed by atoms with Crippen molar-refractivity contribution in [1.29, 1.82) is 0 Å². The van der Waals surface area contributed by atoms with Gasteiger partial charge in [-0.1, -0.05) is 13.8 Å². The standard InChI is InChI=1S/C11H24ClNO/c1-4-13(9-10-14-3)8-6-11(2)5-7-12/h11H,4-10H2,1-3H3. The minimum atomic E-state index is 0.740. The molecule has 3 heteroatoms. The van der Waals surface area contributed by atoms with Crippen molar-refractivity contribution >= 4 is 11.6 Å². The van der Waals surface area contributed by atoms with E-state index in [0.717, 1.165) is 44.5 Å². The number of hydrogen-bond donors (Lipinski definition) is 0. The fraction of sp³-hybridized carbons (Fsp3) is 1.00. The maximum absolute atomic E-state index is 5.70. The van der Waals surface area contributed by atoms with Gasteiger partial charge in [-0.15, -0.1) is 11.6 Å². The Bertz CT molecular complexity index is 122. The molecule has 0 saturated carbocycles. The van der Waals surface area contributed by atoms with Gasteiger partial charge in [-0.05, 0) is 31.8 Å². The molecule has 1 unspecified atom stereocenters. The van der Waals surface area contributed by atoms with Crippen LogP contribution in [0.25, 0.3) is 0 Å². The summed E-state index contributed by atoms with van der Waals surface area (Å²) in [5.41, 5.74) is 0. The Hall–Kier alpha value is 0.210. The molecule has 0 aromatic heterocycles. The molecule has 1 atom stereocenters. The van der Waals surface area contributed by atoms with Crippen LogP contribution in [0.5, 0.6) is 0 Å². The first-order valence-corrected chi connectivity index (χ1v) is 6.05. The van der Waals surface area contributed by atoms with E-state index in [1.807, 2.05) is 0 Å². The lowest BCUT2D eigenvalue weighted by molar-refractivity contribution is 0.147. The summed E-state index contributed by atoms with van der Waals surface area (Å²) in [4.78, 5) is 2.42. The summed E-state index contributed by atoms with van der Waals surface area (Å²) in [6, 6.07) is 0. The molecule has 0 heterocycles. The van der Waals surface area contributed by atoms with Crippen molar-refractivity contribution in [3.05, 3.63) is 0 Å². The molecule has 0 aliphatic heterocycles. The zero-order chi connectivity index (χ0) is 10.8. The molecule has 0 spiro atoms. The van der Waals surface area contributed by atoms with Crippen molar-refractivity contribution in [3.63, 3.8) is 0 Å². The van der Waals surface area contributed by atoms with Gasteiger partial charge in [0.25, 0.3) is 0 Å². The number of rotatable bonds is 9. The monoisotopic (exact) mass is 221 g/mol. The first-order valence-electron chi connectivity index (χ1n) is 5.51. The van der Waals surface area contributed by atoms with Gasteiger partial charge in [-0.2, -0.15) is 0 Å². The Labute approximate surface area is 93.6 Å². The van der Waals surface area contributed by atoms with Gasteiger partial charge in [0.1, 0.15) is 0 Å². The van der Waals surface area contributed by atoms with Gasteiger partial charge in [-0.3, -0.25) is 0 Å². The zero-order valence-electron chi connectivity index (χ0n) is 9.76. The summed E-state index contributed by atoms with van der Waals surface area (Å²) in [6.07, 6.45) is 2.37. The second kappa shape index (κ2) is 9.75. The molecule has 0 aliphatic rings. The number of halogens is 1. The molecule has 0 aliphatic carbocycles. The molecular formula is C11H24ClNO. The van der Waals surface area contributed by atoms with Gasteiger partial charge in [0.15, 0.2) is 0 Å². The molecule has 0 amide bonds. The predicted octanol–water partition coefficient (Wildman–Crippen LogP) is 2.61. The average Bonchev–Trinajstić information content (AvgIpc) is 2.19. The second-order valence-electron chi connectivity index (χ2n) is 3.80. The van der Waals surface area contributed by atoms with E-state index in [2.05, 4.69) is 18.7 Å². The lowest BCUT2D eigenvalue weighted by atomic mass is 10.1. The Balaban J connectivity index is 3.50. The van der Waals surface area contributed by atoms with E-state index in [0.29, 0.717) is 0 Å². The van der Waals surface area contributed by atoms with Crippen LogP contribution >= 0.6 is 11.6 Å². The Morgan fingerprint density at radius 2 is 2.00 bits per heavy atom. The fourth-order valence-corrected chi connectivity index (χ4v) is 1.75. The van der Waals surface area contributed by atoms with Crippen LogP contribution in [0.1, 0.15) is 26.7 Å². The maximum Gasteiger partial charge on any atom is 0.0589 e. The smallest absolute Gasteiger partial charge is 0.0589 e. The highest BCUT2D eigenvalue weighted by Gasteiger charge is 2.05. The molecule has 0 fully saturated rings. The van der Waals surface area contributed by atoms with E-state index in [1.54, 1.807) is 7.11 Å². The van der Waals surface area contributed by atoms with E-state index in [4.69, 9.17) is 16.3 Å². The van der Waals surface area contributed by atoms with Crippen LogP contribution in [-0.4, -0.2) is 44.1 Å². The predicted molar refractivity (Wildman–Crippen MR) is 63.1 cm³/mol. The van der Waals surface area contributed by atoms with Gasteiger partial charge < -0.3 is 9.64 Å². The number of ether oxygens (including phenoxy) is 1. The Kier molecular flexibility index (Phi) is 9.90. The lowest BCUT2D eigenvalue weighted by Crippen LogP contribution is -2.29. The van der Waals surface area contributed by atoms with E-state index >= 15 is 0 Å². The minimum Gasteiger partial charge on any atom is -0.383 e. The highest BCUT2D eigenvalue weighted by molar-refractivity contribution is 6.17. The molecule has 0 rings (SSSR count). The summed E-state index contributed by atoms with van der Waals surface area (Å²) in [7, 11) is 1.75. The number of hydrogen-bond acceptors (Lipinski definition) is 2. The van der Waals surface area contributed by atoms with E-state index in [9.17, 15) is 0 Å². The average molecular weight is 222 g/mol. The van der Waals surface area contributed by atoms with Gasteiger partial charge in [0.05, 0.1) is 6.61 Å². The molecule has 86 valence electrons. The molecule has 0 aromatic carbocycles. The molecule has 0 aromatic rings. The van der Waals surface area contributed by atoms with Crippen molar-refractivity contribution in [3.8, 4) is 0 Å². The quantitative estimate of drug-likeness (QED) is 0.555. The Morgan fingerprint density at radius 3 is 2.50 bits per heavy atom. The summed E-state index contributed by atoms with van der Waals surface area (Å²) in [5, 5.41) is 0. The first-order chi connectivity index (χ1) is 6.74. The van der Waals surface area contributed by atoms with Crippen LogP contribution in [0.15, 0.2) is 0 Å². The number of likely N-dealkylation sites (N-methyl/N-ethyl adjacent to an activating group) is 1. The third-order valence-corrected chi connectivity index (χ3v) is 2.82. The van der Waals surface area contributed by atoms with Crippen LogP contribution in [0.3, 0.4) is 0 Å². The van der Waals surface area contributed by atoms with Crippen LogP contribution in [0.2, 0.25) is 0 Å². The third kappa shape index (κ3) is 7.60. The third-order valence-electron chi connectivity index (χ3n) is 2.60. The minimum absolute atomic E-state index is 0.740. The van der Waals surface area contributed by atoms with Crippen molar-refractivity contribution in [2.24, 2.45) is 5.92 Å². The largest absolute Gasteiger partial charge is 0.383 e. The lowest BCUT2D eigenvalue weighted by Gasteiger charge is -2.21. The van der Waals surface area contributed by atoms with Crippen LogP contribution < -0.4 is 0 Å². The van der Waals surface area contributed by atoms with Crippen molar-refractivity contribution < 1.29 is 4.74 Å². The second-order valence-corrected chi connectivity index (χ2v) is 4.18. The van der Waals surface area contributed by atoms with Crippen LogP contribution in [0, 0.1) is 5.92 Å².